The maximum absolute atomic E-state index is 5.83. The van der Waals surface area contributed by atoms with Crippen LogP contribution in [-0.4, -0.2) is 19.7 Å². The van der Waals surface area contributed by atoms with Gasteiger partial charge in [0.1, 0.15) is 6.33 Å². The van der Waals surface area contributed by atoms with Gasteiger partial charge in [-0.25, -0.2) is 9.97 Å². The minimum absolute atomic E-state index is 0.514. The molecule has 0 aliphatic heterocycles. The lowest BCUT2D eigenvalue weighted by atomic mass is 10.2. The minimum Gasteiger partial charge on any atom is -0.418 e. The van der Waals surface area contributed by atoms with Crippen LogP contribution in [0.15, 0.2) is 73.2 Å². The molecule has 0 unspecified atom stereocenters. The van der Waals surface area contributed by atoms with E-state index < -0.39 is 0 Å². The molecule has 2 aromatic heterocycles. The Morgan fingerprint density at radius 1 is 0.870 bits per heavy atom. The van der Waals surface area contributed by atoms with Crippen molar-refractivity contribution in [2.24, 2.45) is 0 Å². The Labute approximate surface area is 133 Å². The second kappa shape index (κ2) is 5.88. The first kappa shape index (κ1) is 13.5. The molecule has 0 atom stereocenters. The Hall–Kier alpha value is -3.21. The molecule has 0 saturated carbocycles. The summed E-state index contributed by atoms with van der Waals surface area (Å²) in [4.78, 5) is 8.44. The first-order chi connectivity index (χ1) is 11.4. The van der Waals surface area contributed by atoms with Crippen LogP contribution in [0.1, 0.15) is 5.56 Å². The quantitative estimate of drug-likeness (QED) is 0.577. The second-order valence-electron chi connectivity index (χ2n) is 5.14. The van der Waals surface area contributed by atoms with Crippen LogP contribution in [0.3, 0.4) is 0 Å². The molecule has 2 aromatic carbocycles. The fourth-order valence-electron chi connectivity index (χ4n) is 2.42. The average molecular weight is 302 g/mol. The van der Waals surface area contributed by atoms with Crippen molar-refractivity contribution < 1.29 is 4.74 Å². The zero-order chi connectivity index (χ0) is 15.5. The molecule has 0 bridgehead atoms. The average Bonchev–Trinajstić information content (AvgIpc) is 3.03. The van der Waals surface area contributed by atoms with Gasteiger partial charge < -0.3 is 4.74 Å². The zero-order valence-electron chi connectivity index (χ0n) is 12.3. The van der Waals surface area contributed by atoms with Crippen LogP contribution in [0.5, 0.6) is 11.8 Å². The van der Waals surface area contributed by atoms with Crippen LogP contribution in [-0.2, 0) is 6.54 Å². The molecule has 0 radical (unpaired) electrons. The van der Waals surface area contributed by atoms with E-state index in [0.29, 0.717) is 18.3 Å². The predicted molar refractivity (Wildman–Crippen MR) is 87.4 cm³/mol. The van der Waals surface area contributed by atoms with Crippen LogP contribution in [0.2, 0.25) is 0 Å². The van der Waals surface area contributed by atoms with Crippen LogP contribution in [0, 0.1) is 0 Å². The molecule has 5 heteroatoms. The summed E-state index contributed by atoms with van der Waals surface area (Å²) < 4.78 is 7.67. The third-order valence-corrected chi connectivity index (χ3v) is 3.51. The summed E-state index contributed by atoms with van der Waals surface area (Å²) in [5.41, 5.74) is 2.04. The maximum atomic E-state index is 5.83. The molecule has 0 aliphatic rings. The lowest BCUT2D eigenvalue weighted by Gasteiger charge is -2.04. The zero-order valence-corrected chi connectivity index (χ0v) is 12.3. The Morgan fingerprint density at radius 3 is 2.61 bits per heavy atom. The van der Waals surface area contributed by atoms with E-state index in [1.54, 1.807) is 0 Å². The monoisotopic (exact) mass is 302 g/mol. The van der Waals surface area contributed by atoms with E-state index in [1.165, 1.54) is 11.9 Å². The third kappa shape index (κ3) is 2.89. The van der Waals surface area contributed by atoms with Gasteiger partial charge in [-0.3, -0.25) is 4.68 Å². The molecule has 0 fully saturated rings. The molecule has 2 heterocycles. The van der Waals surface area contributed by atoms with Gasteiger partial charge in [0.05, 0.1) is 17.4 Å². The van der Waals surface area contributed by atoms with E-state index in [0.717, 1.165) is 10.9 Å². The van der Waals surface area contributed by atoms with Crippen LogP contribution in [0.4, 0.5) is 0 Å². The van der Waals surface area contributed by atoms with Gasteiger partial charge in [-0.2, -0.15) is 0 Å². The summed E-state index contributed by atoms with van der Waals surface area (Å²) >= 11 is 0. The highest BCUT2D eigenvalue weighted by Gasteiger charge is 2.08. The van der Waals surface area contributed by atoms with Gasteiger partial charge in [0.25, 0.3) is 0 Å². The summed E-state index contributed by atoms with van der Waals surface area (Å²) in [5.74, 6) is 1.03. The van der Waals surface area contributed by atoms with E-state index in [-0.39, 0.29) is 0 Å². The van der Waals surface area contributed by atoms with Gasteiger partial charge in [0.2, 0.25) is 11.8 Å². The molecule has 0 spiro atoms. The van der Waals surface area contributed by atoms with E-state index in [1.807, 2.05) is 59.4 Å². The topological polar surface area (TPSA) is 52.8 Å². The van der Waals surface area contributed by atoms with E-state index >= 15 is 0 Å². The lowest BCUT2D eigenvalue weighted by Crippen LogP contribution is -2.00. The van der Waals surface area contributed by atoms with E-state index in [9.17, 15) is 0 Å². The van der Waals surface area contributed by atoms with Crippen LogP contribution in [0.25, 0.3) is 10.9 Å². The SMILES string of the molecule is c1ccc(Cn2ccc(Oc3ncnc4ccccc34)n2)cc1. The smallest absolute Gasteiger partial charge is 0.240 e. The highest BCUT2D eigenvalue weighted by Crippen LogP contribution is 2.25. The summed E-state index contributed by atoms with van der Waals surface area (Å²) in [6, 6.07) is 19.7. The van der Waals surface area contributed by atoms with Gasteiger partial charge >= 0.3 is 0 Å². The van der Waals surface area contributed by atoms with Crippen molar-refractivity contribution >= 4 is 10.9 Å². The number of benzene rings is 2. The number of hydrogen-bond acceptors (Lipinski definition) is 4. The lowest BCUT2D eigenvalue weighted by molar-refractivity contribution is 0.439. The van der Waals surface area contributed by atoms with E-state index in [4.69, 9.17) is 4.74 Å². The summed E-state index contributed by atoms with van der Waals surface area (Å²) in [7, 11) is 0. The highest BCUT2D eigenvalue weighted by atomic mass is 16.5. The Bertz CT molecular complexity index is 929. The Kier molecular flexibility index (Phi) is 3.44. The molecule has 4 aromatic rings. The third-order valence-electron chi connectivity index (χ3n) is 3.51. The van der Waals surface area contributed by atoms with Gasteiger partial charge in [-0.1, -0.05) is 42.5 Å². The molecule has 5 nitrogen and oxygen atoms in total. The normalized spacial score (nSPS) is 10.8. The summed E-state index contributed by atoms with van der Waals surface area (Å²) in [6.07, 6.45) is 3.39. The first-order valence-electron chi connectivity index (χ1n) is 7.33. The van der Waals surface area contributed by atoms with Crippen molar-refractivity contribution in [3.05, 3.63) is 78.8 Å². The van der Waals surface area contributed by atoms with Crippen molar-refractivity contribution in [2.45, 2.75) is 6.54 Å². The van der Waals surface area contributed by atoms with Crippen molar-refractivity contribution in [2.75, 3.05) is 0 Å². The summed E-state index contributed by atoms with van der Waals surface area (Å²) in [6.45, 7) is 0.703. The Morgan fingerprint density at radius 2 is 1.70 bits per heavy atom. The Balaban J connectivity index is 1.57. The van der Waals surface area contributed by atoms with Crippen molar-refractivity contribution in [3.8, 4) is 11.8 Å². The van der Waals surface area contributed by atoms with Crippen molar-refractivity contribution in [1.29, 1.82) is 0 Å². The molecular formula is C18H14N4O. The number of para-hydroxylation sites is 1. The number of rotatable bonds is 4. The molecule has 112 valence electrons. The number of ether oxygens (including phenoxy) is 1. The largest absolute Gasteiger partial charge is 0.418 e. The van der Waals surface area contributed by atoms with Gasteiger partial charge in [-0.05, 0) is 17.7 Å². The molecule has 4 rings (SSSR count). The molecule has 0 saturated heterocycles. The van der Waals surface area contributed by atoms with Gasteiger partial charge in [-0.15, -0.1) is 5.10 Å². The molecular weight excluding hydrogens is 288 g/mol. The number of hydrogen-bond donors (Lipinski definition) is 0. The first-order valence-corrected chi connectivity index (χ1v) is 7.33. The van der Waals surface area contributed by atoms with E-state index in [2.05, 4.69) is 27.2 Å². The molecule has 0 N–H and O–H groups in total. The number of nitrogens with zero attached hydrogens (tertiary/aromatic N) is 4. The number of aromatic nitrogens is 4. The minimum atomic E-state index is 0.514. The summed E-state index contributed by atoms with van der Waals surface area (Å²) in [5, 5.41) is 5.31. The standard InChI is InChI=1S/C18H14N4O/c1-2-6-14(7-3-1)12-22-11-10-17(21-22)23-18-15-8-4-5-9-16(15)19-13-20-18/h1-11,13H,12H2. The van der Waals surface area contributed by atoms with Gasteiger partial charge in [0, 0.05) is 12.3 Å². The molecule has 0 amide bonds. The highest BCUT2D eigenvalue weighted by molar-refractivity contribution is 5.83. The number of fused-ring (bicyclic) bond motifs is 1. The van der Waals surface area contributed by atoms with Gasteiger partial charge in [0.15, 0.2) is 0 Å². The van der Waals surface area contributed by atoms with Crippen LogP contribution >= 0.6 is 0 Å². The molecule has 0 aliphatic carbocycles. The van der Waals surface area contributed by atoms with Crippen molar-refractivity contribution in [3.63, 3.8) is 0 Å². The van der Waals surface area contributed by atoms with Crippen LogP contribution < -0.4 is 4.74 Å². The second-order valence-corrected chi connectivity index (χ2v) is 5.14. The van der Waals surface area contributed by atoms with Crippen molar-refractivity contribution in [1.82, 2.24) is 19.7 Å². The maximum Gasteiger partial charge on any atom is 0.240 e. The molecule has 23 heavy (non-hydrogen) atoms. The fraction of sp³-hybridized carbons (Fsp3) is 0.0556. The predicted octanol–water partition coefficient (Wildman–Crippen LogP) is 3.67. The fourth-order valence-corrected chi connectivity index (χ4v) is 2.42.